The van der Waals surface area contributed by atoms with Gasteiger partial charge in [-0.05, 0) is 87.3 Å². The molecule has 43 heavy (non-hydrogen) atoms. The third kappa shape index (κ3) is 9.38. The zero-order valence-corrected chi connectivity index (χ0v) is 25.7. The summed E-state index contributed by atoms with van der Waals surface area (Å²) in [6.07, 6.45) is 4.83. The quantitative estimate of drug-likeness (QED) is 0.140. The lowest BCUT2D eigenvalue weighted by Crippen LogP contribution is -2.33. The van der Waals surface area contributed by atoms with Gasteiger partial charge >= 0.3 is 5.97 Å². The van der Waals surface area contributed by atoms with Crippen LogP contribution >= 0.6 is 0 Å². The first-order chi connectivity index (χ1) is 20.6. The summed E-state index contributed by atoms with van der Waals surface area (Å²) in [4.78, 5) is 19.7. The zero-order valence-electron chi connectivity index (χ0n) is 25.7. The molecule has 7 heteroatoms. The number of nitrogens with zero attached hydrogens (tertiary/aromatic N) is 2. The number of carbonyl (C=O) groups is 1. The summed E-state index contributed by atoms with van der Waals surface area (Å²) in [5.41, 5.74) is 4.81. The van der Waals surface area contributed by atoms with Gasteiger partial charge in [-0.2, -0.15) is 0 Å². The van der Waals surface area contributed by atoms with Crippen molar-refractivity contribution in [3.8, 4) is 11.1 Å². The minimum atomic E-state index is -0.731. The highest BCUT2D eigenvalue weighted by atomic mass is 16.6. The maximum Gasteiger partial charge on any atom is 0.360 e. The van der Waals surface area contributed by atoms with E-state index in [4.69, 9.17) is 14.9 Å². The Labute approximate surface area is 255 Å². The van der Waals surface area contributed by atoms with Crippen molar-refractivity contribution < 1.29 is 19.4 Å². The minimum Gasteiger partial charge on any atom is -0.484 e. The highest BCUT2D eigenvalue weighted by Crippen LogP contribution is 2.28. The molecule has 1 aliphatic heterocycles. The second-order valence-corrected chi connectivity index (χ2v) is 11.9. The largest absolute Gasteiger partial charge is 0.484 e. The number of hydrogen-bond acceptors (Lipinski definition) is 7. The van der Waals surface area contributed by atoms with E-state index in [0.717, 1.165) is 54.6 Å². The van der Waals surface area contributed by atoms with E-state index in [2.05, 4.69) is 34.2 Å². The average molecular weight is 582 g/mol. The van der Waals surface area contributed by atoms with Crippen molar-refractivity contribution in [1.29, 1.82) is 5.41 Å². The number of ether oxygens (including phenoxy) is 2. The van der Waals surface area contributed by atoms with E-state index in [1.165, 1.54) is 5.69 Å². The Kier molecular flexibility index (Phi) is 10.9. The molecule has 1 heterocycles. The Morgan fingerprint density at radius 2 is 1.56 bits per heavy atom. The lowest BCUT2D eigenvalue weighted by molar-refractivity contribution is -0.146. The second kappa shape index (κ2) is 14.8. The minimum absolute atomic E-state index is 0.0559. The Bertz CT molecular complexity index is 1410. The van der Waals surface area contributed by atoms with Crippen LogP contribution in [0.15, 0.2) is 95.3 Å². The molecule has 0 aromatic heterocycles. The van der Waals surface area contributed by atoms with Gasteiger partial charge in [0.2, 0.25) is 0 Å². The van der Waals surface area contributed by atoms with Crippen LogP contribution in [0.4, 0.5) is 5.69 Å². The van der Waals surface area contributed by atoms with Crippen LogP contribution in [0, 0.1) is 11.3 Å². The molecule has 1 aliphatic rings. The lowest BCUT2D eigenvalue weighted by Gasteiger charge is -2.33. The van der Waals surface area contributed by atoms with Gasteiger partial charge in [-0.1, -0.05) is 66.7 Å². The Morgan fingerprint density at radius 1 is 0.953 bits per heavy atom. The number of aliphatic imine (C=N–C) groups is 1. The zero-order chi connectivity index (χ0) is 30.8. The SMILES string of the molecule is C/C(N=CCC1CCN(c2ccc(-c3ccc(CO)cc3)cc2)CC1)=C(\OCc1ccccc1)C(=N)C(=O)OC(C)(C)C. The fraction of sp³-hybridized carbons (Fsp3) is 0.361. The first-order valence-electron chi connectivity index (χ1n) is 14.9. The van der Waals surface area contributed by atoms with Crippen molar-refractivity contribution in [2.75, 3.05) is 18.0 Å². The molecular weight excluding hydrogens is 538 g/mol. The van der Waals surface area contributed by atoms with Crippen molar-refractivity contribution >= 4 is 23.6 Å². The van der Waals surface area contributed by atoms with Crippen LogP contribution in [0.3, 0.4) is 0 Å². The first-order valence-corrected chi connectivity index (χ1v) is 14.9. The third-order valence-electron chi connectivity index (χ3n) is 7.43. The number of allylic oxidation sites excluding steroid dienone is 1. The fourth-order valence-corrected chi connectivity index (χ4v) is 5.00. The van der Waals surface area contributed by atoms with Gasteiger partial charge < -0.3 is 19.5 Å². The molecule has 226 valence electrons. The van der Waals surface area contributed by atoms with Crippen LogP contribution in [-0.4, -0.2) is 41.7 Å². The molecule has 0 unspecified atom stereocenters. The van der Waals surface area contributed by atoms with Crippen molar-refractivity contribution in [3.05, 3.63) is 101 Å². The van der Waals surface area contributed by atoms with Gasteiger partial charge in [-0.15, -0.1) is 0 Å². The second-order valence-electron chi connectivity index (χ2n) is 11.9. The first kappa shape index (κ1) is 31.7. The number of piperidine rings is 1. The molecule has 0 spiro atoms. The molecule has 0 saturated carbocycles. The van der Waals surface area contributed by atoms with E-state index in [9.17, 15) is 9.90 Å². The molecular formula is C36H43N3O4. The lowest BCUT2D eigenvalue weighted by atomic mass is 9.93. The van der Waals surface area contributed by atoms with Gasteiger partial charge in [-0.3, -0.25) is 10.4 Å². The molecule has 0 atom stereocenters. The summed E-state index contributed by atoms with van der Waals surface area (Å²) >= 11 is 0. The highest BCUT2D eigenvalue weighted by Gasteiger charge is 2.25. The van der Waals surface area contributed by atoms with E-state index in [1.807, 2.05) is 60.8 Å². The number of aliphatic hydroxyl groups excluding tert-OH is 1. The maximum absolute atomic E-state index is 12.7. The van der Waals surface area contributed by atoms with Crippen LogP contribution in [0.5, 0.6) is 0 Å². The van der Waals surface area contributed by atoms with E-state index >= 15 is 0 Å². The van der Waals surface area contributed by atoms with Gasteiger partial charge in [0, 0.05) is 25.0 Å². The van der Waals surface area contributed by atoms with Crippen LogP contribution in [0.1, 0.15) is 58.1 Å². The number of anilines is 1. The molecule has 3 aromatic carbocycles. The number of nitrogens with one attached hydrogen (secondary N) is 1. The van der Waals surface area contributed by atoms with Gasteiger partial charge in [0.15, 0.2) is 11.5 Å². The van der Waals surface area contributed by atoms with E-state index in [-0.39, 0.29) is 24.7 Å². The molecule has 0 amide bonds. The summed E-state index contributed by atoms with van der Waals surface area (Å²) in [6.45, 7) is 9.33. The number of rotatable bonds is 11. The third-order valence-corrected chi connectivity index (χ3v) is 7.43. The van der Waals surface area contributed by atoms with Crippen LogP contribution < -0.4 is 4.90 Å². The Morgan fingerprint density at radius 3 is 2.14 bits per heavy atom. The topological polar surface area (TPSA) is 95.2 Å². The smallest absolute Gasteiger partial charge is 0.360 e. The van der Waals surface area contributed by atoms with Crippen molar-refractivity contribution in [3.63, 3.8) is 0 Å². The predicted molar refractivity (Wildman–Crippen MR) is 173 cm³/mol. The van der Waals surface area contributed by atoms with Crippen LogP contribution in [-0.2, 0) is 27.5 Å². The molecule has 2 N–H and O–H groups in total. The molecule has 4 rings (SSSR count). The standard InChI is InChI=1S/C36H43N3O4/c1-26(34(33(37)35(41)43-36(2,3)4)42-25-29-8-6-5-7-9-29)38-21-18-27-19-22-39(23-20-27)32-16-14-31(15-17-32)30-12-10-28(24-40)11-13-30/h5-17,21,27,37,40H,18-20,22-25H2,1-4H3/b34-26+,37-33?,38-21?. The van der Waals surface area contributed by atoms with E-state index in [1.54, 1.807) is 27.7 Å². The Balaban J connectivity index is 1.34. The van der Waals surface area contributed by atoms with E-state index < -0.39 is 11.6 Å². The molecule has 1 saturated heterocycles. The molecule has 0 aliphatic carbocycles. The highest BCUT2D eigenvalue weighted by molar-refractivity contribution is 6.41. The number of carbonyl (C=O) groups excluding carboxylic acids is 1. The monoisotopic (exact) mass is 581 g/mol. The van der Waals surface area contributed by atoms with E-state index in [0.29, 0.717) is 11.6 Å². The number of benzene rings is 3. The predicted octanol–water partition coefficient (Wildman–Crippen LogP) is 7.33. The summed E-state index contributed by atoms with van der Waals surface area (Å²) in [6, 6.07) is 26.3. The average Bonchev–Trinajstić information content (AvgIpc) is 3.01. The van der Waals surface area contributed by atoms with Gasteiger partial charge in [-0.25, -0.2) is 4.79 Å². The fourth-order valence-electron chi connectivity index (χ4n) is 5.00. The molecule has 3 aromatic rings. The van der Waals surface area contributed by atoms with Crippen molar-refractivity contribution in [2.45, 2.75) is 65.8 Å². The van der Waals surface area contributed by atoms with Gasteiger partial charge in [0.25, 0.3) is 0 Å². The van der Waals surface area contributed by atoms with Crippen LogP contribution in [0.25, 0.3) is 11.1 Å². The van der Waals surface area contributed by atoms with Gasteiger partial charge in [0.05, 0.1) is 12.3 Å². The summed E-state index contributed by atoms with van der Waals surface area (Å²) in [7, 11) is 0. The number of hydrogen-bond donors (Lipinski definition) is 2. The Hall–Kier alpha value is -4.23. The molecule has 7 nitrogen and oxygen atoms in total. The molecule has 0 radical (unpaired) electrons. The summed E-state index contributed by atoms with van der Waals surface area (Å²) < 4.78 is 11.4. The maximum atomic E-state index is 12.7. The number of aliphatic hydroxyl groups is 1. The molecule has 0 bridgehead atoms. The summed E-state index contributed by atoms with van der Waals surface area (Å²) in [5, 5.41) is 17.8. The molecule has 1 fully saturated rings. The summed E-state index contributed by atoms with van der Waals surface area (Å²) in [5.74, 6) is -0.0850. The normalized spacial score (nSPS) is 14.9. The van der Waals surface area contributed by atoms with Crippen LogP contribution in [0.2, 0.25) is 0 Å². The van der Waals surface area contributed by atoms with Crippen molar-refractivity contribution in [2.24, 2.45) is 10.9 Å². The van der Waals surface area contributed by atoms with Crippen molar-refractivity contribution in [1.82, 2.24) is 0 Å². The van der Waals surface area contributed by atoms with Gasteiger partial charge in [0.1, 0.15) is 12.2 Å². The number of esters is 1.